The van der Waals surface area contributed by atoms with Crippen LogP contribution in [0.2, 0.25) is 0 Å². The SMILES string of the molecule is CCC(C)CC(O)CC(O)(CC)CC. The Morgan fingerprint density at radius 2 is 1.64 bits per heavy atom. The second-order valence-electron chi connectivity index (χ2n) is 4.54. The average molecular weight is 202 g/mol. The molecule has 2 N–H and O–H groups in total. The molecule has 0 fully saturated rings. The molecule has 2 nitrogen and oxygen atoms in total. The molecule has 0 rings (SSSR count). The van der Waals surface area contributed by atoms with Crippen molar-refractivity contribution in [3.8, 4) is 0 Å². The van der Waals surface area contributed by atoms with E-state index in [1.54, 1.807) is 0 Å². The molecule has 0 aromatic rings. The first-order valence-electron chi connectivity index (χ1n) is 5.87. The summed E-state index contributed by atoms with van der Waals surface area (Å²) in [5.41, 5.74) is -0.660. The molecule has 0 heterocycles. The Morgan fingerprint density at radius 1 is 1.14 bits per heavy atom. The standard InChI is InChI=1S/C12H26O2/c1-5-10(4)8-11(13)9-12(14,6-2)7-3/h10-11,13-14H,5-9H2,1-4H3. The van der Waals surface area contributed by atoms with Gasteiger partial charge in [0, 0.05) is 6.42 Å². The second kappa shape index (κ2) is 6.41. The first-order chi connectivity index (χ1) is 6.47. The van der Waals surface area contributed by atoms with Gasteiger partial charge in [0.1, 0.15) is 0 Å². The molecular weight excluding hydrogens is 176 g/mol. The third-order valence-electron chi connectivity index (χ3n) is 3.30. The van der Waals surface area contributed by atoms with Gasteiger partial charge in [-0.15, -0.1) is 0 Å². The molecule has 0 aliphatic rings. The fourth-order valence-corrected chi connectivity index (χ4v) is 1.69. The lowest BCUT2D eigenvalue weighted by Crippen LogP contribution is -2.32. The van der Waals surface area contributed by atoms with Crippen LogP contribution in [0, 0.1) is 5.92 Å². The summed E-state index contributed by atoms with van der Waals surface area (Å²) in [6.07, 6.45) is 3.51. The lowest BCUT2D eigenvalue weighted by Gasteiger charge is -2.28. The van der Waals surface area contributed by atoms with E-state index in [1.807, 2.05) is 13.8 Å². The Hall–Kier alpha value is -0.0800. The minimum Gasteiger partial charge on any atom is -0.393 e. The highest BCUT2D eigenvalue weighted by Gasteiger charge is 2.26. The number of aliphatic hydroxyl groups is 2. The van der Waals surface area contributed by atoms with Crippen molar-refractivity contribution in [2.75, 3.05) is 0 Å². The minimum absolute atomic E-state index is 0.352. The van der Waals surface area contributed by atoms with Crippen LogP contribution in [0.15, 0.2) is 0 Å². The summed E-state index contributed by atoms with van der Waals surface area (Å²) in [7, 11) is 0. The molecule has 0 radical (unpaired) electrons. The highest BCUT2D eigenvalue weighted by Crippen LogP contribution is 2.24. The van der Waals surface area contributed by atoms with Gasteiger partial charge in [0.15, 0.2) is 0 Å². The molecule has 2 heteroatoms. The smallest absolute Gasteiger partial charge is 0.0667 e. The van der Waals surface area contributed by atoms with Gasteiger partial charge in [-0.05, 0) is 25.2 Å². The largest absolute Gasteiger partial charge is 0.393 e. The van der Waals surface area contributed by atoms with E-state index in [0.29, 0.717) is 12.3 Å². The van der Waals surface area contributed by atoms with Crippen molar-refractivity contribution in [1.82, 2.24) is 0 Å². The Kier molecular flexibility index (Phi) is 6.38. The number of hydrogen-bond acceptors (Lipinski definition) is 2. The van der Waals surface area contributed by atoms with Gasteiger partial charge < -0.3 is 10.2 Å². The fraction of sp³-hybridized carbons (Fsp3) is 1.00. The molecule has 0 aromatic carbocycles. The van der Waals surface area contributed by atoms with Crippen molar-refractivity contribution in [2.24, 2.45) is 5.92 Å². The molecule has 0 saturated carbocycles. The predicted molar refractivity (Wildman–Crippen MR) is 60.2 cm³/mol. The van der Waals surface area contributed by atoms with Crippen molar-refractivity contribution in [3.05, 3.63) is 0 Å². The first kappa shape index (κ1) is 13.9. The number of hydrogen-bond donors (Lipinski definition) is 2. The first-order valence-corrected chi connectivity index (χ1v) is 5.87. The van der Waals surface area contributed by atoms with Crippen molar-refractivity contribution >= 4 is 0 Å². The summed E-state index contributed by atoms with van der Waals surface area (Å²) in [6.45, 7) is 8.21. The van der Waals surface area contributed by atoms with Gasteiger partial charge >= 0.3 is 0 Å². The molecule has 0 amide bonds. The summed E-state index contributed by atoms with van der Waals surface area (Å²) in [6, 6.07) is 0. The lowest BCUT2D eigenvalue weighted by atomic mass is 9.87. The van der Waals surface area contributed by atoms with Crippen molar-refractivity contribution in [3.63, 3.8) is 0 Å². The molecule has 0 saturated heterocycles. The van der Waals surface area contributed by atoms with Gasteiger partial charge in [0.25, 0.3) is 0 Å². The molecule has 14 heavy (non-hydrogen) atoms. The van der Waals surface area contributed by atoms with Crippen LogP contribution >= 0.6 is 0 Å². The minimum atomic E-state index is -0.660. The molecule has 0 aromatic heterocycles. The number of aliphatic hydroxyl groups excluding tert-OH is 1. The Morgan fingerprint density at radius 3 is 2.00 bits per heavy atom. The molecular formula is C12H26O2. The van der Waals surface area contributed by atoms with Crippen LogP contribution in [0.3, 0.4) is 0 Å². The van der Waals surface area contributed by atoms with Crippen molar-refractivity contribution in [1.29, 1.82) is 0 Å². The van der Waals surface area contributed by atoms with Gasteiger partial charge in [-0.25, -0.2) is 0 Å². The number of rotatable bonds is 7. The van der Waals surface area contributed by atoms with Crippen LogP contribution < -0.4 is 0 Å². The van der Waals surface area contributed by atoms with Crippen LogP contribution in [0.5, 0.6) is 0 Å². The Balaban J connectivity index is 3.96. The normalized spacial score (nSPS) is 16.7. The molecule has 0 aliphatic heterocycles. The van der Waals surface area contributed by atoms with Crippen molar-refractivity contribution in [2.45, 2.75) is 71.5 Å². The summed E-state index contributed by atoms with van der Waals surface area (Å²) >= 11 is 0. The van der Waals surface area contributed by atoms with E-state index in [1.165, 1.54) is 0 Å². The zero-order valence-electron chi connectivity index (χ0n) is 10.1. The van der Waals surface area contributed by atoms with Crippen LogP contribution in [-0.4, -0.2) is 21.9 Å². The van der Waals surface area contributed by atoms with E-state index >= 15 is 0 Å². The summed E-state index contributed by atoms with van der Waals surface area (Å²) in [4.78, 5) is 0. The molecule has 0 bridgehead atoms. The van der Waals surface area contributed by atoms with E-state index in [-0.39, 0.29) is 6.10 Å². The van der Waals surface area contributed by atoms with E-state index in [2.05, 4.69) is 13.8 Å². The predicted octanol–water partition coefficient (Wildman–Crippen LogP) is 2.72. The Bertz CT molecular complexity index is 141. The molecule has 2 atom stereocenters. The van der Waals surface area contributed by atoms with Gasteiger partial charge in [-0.2, -0.15) is 0 Å². The third kappa shape index (κ3) is 4.97. The average Bonchev–Trinajstić information content (AvgIpc) is 2.17. The monoisotopic (exact) mass is 202 g/mol. The maximum absolute atomic E-state index is 10.0. The van der Waals surface area contributed by atoms with Crippen LogP contribution in [0.1, 0.15) is 59.8 Å². The maximum Gasteiger partial charge on any atom is 0.0667 e. The van der Waals surface area contributed by atoms with Crippen LogP contribution in [-0.2, 0) is 0 Å². The van der Waals surface area contributed by atoms with E-state index < -0.39 is 5.60 Å². The van der Waals surface area contributed by atoms with Crippen LogP contribution in [0.4, 0.5) is 0 Å². The molecule has 0 aliphatic carbocycles. The summed E-state index contributed by atoms with van der Waals surface area (Å²) in [5.74, 6) is 0.544. The maximum atomic E-state index is 10.0. The molecule has 0 spiro atoms. The highest BCUT2D eigenvalue weighted by atomic mass is 16.3. The zero-order valence-corrected chi connectivity index (χ0v) is 10.1. The topological polar surface area (TPSA) is 40.5 Å². The zero-order chi connectivity index (χ0) is 11.2. The van der Waals surface area contributed by atoms with Crippen LogP contribution in [0.25, 0.3) is 0 Å². The van der Waals surface area contributed by atoms with Crippen molar-refractivity contribution < 1.29 is 10.2 Å². The second-order valence-corrected chi connectivity index (χ2v) is 4.54. The third-order valence-corrected chi connectivity index (χ3v) is 3.30. The van der Waals surface area contributed by atoms with E-state index in [4.69, 9.17) is 0 Å². The lowest BCUT2D eigenvalue weighted by molar-refractivity contribution is -0.0221. The molecule has 2 unspecified atom stereocenters. The Labute approximate surface area is 88.3 Å². The summed E-state index contributed by atoms with van der Waals surface area (Å²) in [5, 5.41) is 19.8. The van der Waals surface area contributed by atoms with E-state index in [0.717, 1.165) is 25.7 Å². The molecule has 86 valence electrons. The van der Waals surface area contributed by atoms with Gasteiger partial charge in [0.2, 0.25) is 0 Å². The fourth-order valence-electron chi connectivity index (χ4n) is 1.69. The van der Waals surface area contributed by atoms with Gasteiger partial charge in [0.05, 0.1) is 11.7 Å². The van der Waals surface area contributed by atoms with Gasteiger partial charge in [-0.3, -0.25) is 0 Å². The summed E-state index contributed by atoms with van der Waals surface area (Å²) < 4.78 is 0. The quantitative estimate of drug-likeness (QED) is 0.666. The van der Waals surface area contributed by atoms with E-state index in [9.17, 15) is 10.2 Å². The van der Waals surface area contributed by atoms with Gasteiger partial charge in [-0.1, -0.05) is 34.1 Å². The highest BCUT2D eigenvalue weighted by molar-refractivity contribution is 4.79.